The zero-order valence-corrected chi connectivity index (χ0v) is 24.1. The quantitative estimate of drug-likeness (QED) is 0.447. The SMILES string of the molecule is CC[C@@H](C)N1[C@H]2OC3O[C@H]4[C@@H](OC3O[C@H]2N([C@@H](C)CC)S1(=O)=O)N([C@@H](C)CC)S(=O)(=O)N4[C@@H](C)CC. The topological polar surface area (TPSA) is 118 Å². The summed E-state index contributed by atoms with van der Waals surface area (Å²) in [6.45, 7) is 15.0. The van der Waals surface area contributed by atoms with Crippen molar-refractivity contribution in [3.05, 3.63) is 0 Å². The number of hydrogen-bond acceptors (Lipinski definition) is 8. The summed E-state index contributed by atoms with van der Waals surface area (Å²) in [5, 5.41) is 0. The summed E-state index contributed by atoms with van der Waals surface area (Å²) in [6, 6.07) is -1.34. The van der Waals surface area contributed by atoms with Crippen molar-refractivity contribution in [1.82, 2.24) is 17.2 Å². The first kappa shape index (κ1) is 28.6. The highest BCUT2D eigenvalue weighted by Gasteiger charge is 2.65. The van der Waals surface area contributed by atoms with Crippen molar-refractivity contribution < 1.29 is 35.8 Å². The first-order valence-corrected chi connectivity index (χ1v) is 15.9. The summed E-state index contributed by atoms with van der Waals surface area (Å²) in [6.07, 6.45) is -3.63. The van der Waals surface area contributed by atoms with E-state index in [2.05, 4.69) is 0 Å². The maximum atomic E-state index is 13.6. The van der Waals surface area contributed by atoms with Gasteiger partial charge in [0.1, 0.15) is 0 Å². The van der Waals surface area contributed by atoms with Crippen LogP contribution in [0.15, 0.2) is 0 Å². The second-order valence-corrected chi connectivity index (χ2v) is 13.7. The first-order valence-electron chi connectivity index (χ1n) is 13.1. The molecule has 0 amide bonds. The van der Waals surface area contributed by atoms with Crippen LogP contribution in [-0.4, -0.2) is 95.7 Å². The van der Waals surface area contributed by atoms with Gasteiger partial charge in [-0.3, -0.25) is 0 Å². The third-order valence-electron chi connectivity index (χ3n) is 7.97. The van der Waals surface area contributed by atoms with Crippen LogP contribution in [0, 0.1) is 0 Å². The van der Waals surface area contributed by atoms with E-state index in [4.69, 9.17) is 18.9 Å². The average molecular weight is 555 g/mol. The zero-order chi connectivity index (χ0) is 26.7. The van der Waals surface area contributed by atoms with Crippen LogP contribution in [0.25, 0.3) is 0 Å². The van der Waals surface area contributed by atoms with Crippen molar-refractivity contribution >= 4 is 20.4 Å². The van der Waals surface area contributed by atoms with E-state index in [0.717, 1.165) is 0 Å². The summed E-state index contributed by atoms with van der Waals surface area (Å²) in [7, 11) is -7.76. The predicted molar refractivity (Wildman–Crippen MR) is 131 cm³/mol. The number of fused-ring (bicyclic) bond motifs is 3. The molecule has 0 saturated carbocycles. The molecule has 4 fully saturated rings. The molecule has 4 aliphatic rings. The second-order valence-electron chi connectivity index (χ2n) is 10.2. The van der Waals surface area contributed by atoms with E-state index >= 15 is 0 Å². The van der Waals surface area contributed by atoms with E-state index in [0.29, 0.717) is 25.7 Å². The molecule has 0 bridgehead atoms. The Morgan fingerprint density at radius 2 is 0.694 bits per heavy atom. The molecule has 12 nitrogen and oxygen atoms in total. The largest absolute Gasteiger partial charge is 0.324 e. The Morgan fingerprint density at radius 3 is 0.861 bits per heavy atom. The molecule has 0 aromatic rings. The van der Waals surface area contributed by atoms with Crippen LogP contribution in [0.5, 0.6) is 0 Å². The van der Waals surface area contributed by atoms with Crippen molar-refractivity contribution in [3.8, 4) is 0 Å². The average Bonchev–Trinajstić information content (AvgIpc) is 3.20. The van der Waals surface area contributed by atoms with Crippen LogP contribution in [0.3, 0.4) is 0 Å². The van der Waals surface area contributed by atoms with Gasteiger partial charge in [0.05, 0.1) is 0 Å². The Morgan fingerprint density at radius 1 is 0.500 bits per heavy atom. The normalized spacial score (nSPS) is 40.2. The fourth-order valence-corrected chi connectivity index (χ4v) is 9.77. The maximum absolute atomic E-state index is 13.6. The highest BCUT2D eigenvalue weighted by atomic mass is 32.2. The third-order valence-corrected chi connectivity index (χ3v) is 12.4. The van der Waals surface area contributed by atoms with Gasteiger partial charge < -0.3 is 18.9 Å². The lowest BCUT2D eigenvalue weighted by molar-refractivity contribution is -0.443. The standard InChI is InChI=1S/C22H42N4O8S2/c1-9-13(5)23-17-18(24(14(6)10-2)35(23,27)28)32-22-21(31-17)33-19-20(34-22)26(16(8)12-4)36(29,30)25(19)15(7)11-3/h13-22H,9-12H2,1-8H3/t13-,14-,15-,16+,17+,18-,19+,20-,21?,22?/m0/s1. The maximum Gasteiger partial charge on any atom is 0.287 e. The Balaban J connectivity index is 1.71. The summed E-state index contributed by atoms with van der Waals surface area (Å²) >= 11 is 0. The minimum absolute atomic E-state index is 0.335. The summed E-state index contributed by atoms with van der Waals surface area (Å²) in [4.78, 5) is 0. The molecule has 4 rings (SSSR count). The Labute approximate surface area is 216 Å². The van der Waals surface area contributed by atoms with Gasteiger partial charge in [0.25, 0.3) is 20.4 Å². The Kier molecular flexibility index (Phi) is 8.16. The molecule has 210 valence electrons. The van der Waals surface area contributed by atoms with E-state index in [1.165, 1.54) is 17.2 Å². The van der Waals surface area contributed by atoms with Crippen LogP contribution in [0.4, 0.5) is 0 Å². The van der Waals surface area contributed by atoms with Gasteiger partial charge in [0.15, 0.2) is 24.9 Å². The number of nitrogens with zero attached hydrogens (tertiary/aromatic N) is 4. The molecular formula is C22H42N4O8S2. The van der Waals surface area contributed by atoms with Crippen LogP contribution >= 0.6 is 0 Å². The molecule has 4 aliphatic heterocycles. The molecule has 36 heavy (non-hydrogen) atoms. The molecule has 14 heteroatoms. The molecule has 10 atom stereocenters. The van der Waals surface area contributed by atoms with Crippen LogP contribution in [0.2, 0.25) is 0 Å². The lowest BCUT2D eigenvalue weighted by Gasteiger charge is -2.47. The summed E-state index contributed by atoms with van der Waals surface area (Å²) < 4.78 is 84.9. The predicted octanol–water partition coefficient (Wildman–Crippen LogP) is 1.96. The van der Waals surface area contributed by atoms with E-state index in [-0.39, 0.29) is 24.2 Å². The smallest absolute Gasteiger partial charge is 0.287 e. The van der Waals surface area contributed by atoms with Gasteiger partial charge in [0.2, 0.25) is 12.6 Å². The number of rotatable bonds is 8. The molecule has 0 aliphatic carbocycles. The number of ether oxygens (including phenoxy) is 4. The fraction of sp³-hybridized carbons (Fsp3) is 1.00. The minimum atomic E-state index is -3.88. The Hall–Kier alpha value is -0.420. The van der Waals surface area contributed by atoms with Crippen LogP contribution in [-0.2, 0) is 39.4 Å². The van der Waals surface area contributed by atoms with Crippen LogP contribution in [0.1, 0.15) is 81.1 Å². The van der Waals surface area contributed by atoms with Crippen molar-refractivity contribution in [2.75, 3.05) is 0 Å². The van der Waals surface area contributed by atoms with Crippen molar-refractivity contribution in [3.63, 3.8) is 0 Å². The monoisotopic (exact) mass is 554 g/mol. The summed E-state index contributed by atoms with van der Waals surface area (Å²) in [5.74, 6) is 0. The molecule has 0 N–H and O–H groups in total. The van der Waals surface area contributed by atoms with Crippen LogP contribution < -0.4 is 0 Å². The lowest BCUT2D eigenvalue weighted by Crippen LogP contribution is -2.64. The summed E-state index contributed by atoms with van der Waals surface area (Å²) in [5.41, 5.74) is 0. The van der Waals surface area contributed by atoms with Gasteiger partial charge in [-0.25, -0.2) is 0 Å². The molecule has 4 heterocycles. The number of hydrogen-bond donors (Lipinski definition) is 0. The molecule has 0 aromatic carbocycles. The van der Waals surface area contributed by atoms with Gasteiger partial charge in [-0.15, -0.1) is 0 Å². The molecule has 0 spiro atoms. The molecule has 2 unspecified atom stereocenters. The first-order chi connectivity index (χ1) is 16.9. The molecule has 0 aromatic heterocycles. The van der Waals surface area contributed by atoms with E-state index in [9.17, 15) is 16.8 Å². The van der Waals surface area contributed by atoms with Crippen molar-refractivity contribution in [2.24, 2.45) is 0 Å². The van der Waals surface area contributed by atoms with E-state index in [1.54, 1.807) is 0 Å². The minimum Gasteiger partial charge on any atom is -0.324 e. The van der Waals surface area contributed by atoms with E-state index in [1.807, 2.05) is 55.4 Å². The molecule has 4 saturated heterocycles. The zero-order valence-electron chi connectivity index (χ0n) is 22.5. The lowest BCUT2D eigenvalue weighted by atomic mass is 10.2. The van der Waals surface area contributed by atoms with Gasteiger partial charge >= 0.3 is 0 Å². The van der Waals surface area contributed by atoms with Gasteiger partial charge in [-0.1, -0.05) is 27.7 Å². The molecule has 0 radical (unpaired) electrons. The van der Waals surface area contributed by atoms with Crippen molar-refractivity contribution in [1.29, 1.82) is 0 Å². The fourth-order valence-electron chi connectivity index (χ4n) is 5.26. The molecular weight excluding hydrogens is 512 g/mol. The van der Waals surface area contributed by atoms with Crippen molar-refractivity contribution in [2.45, 2.75) is 143 Å². The highest BCUT2D eigenvalue weighted by molar-refractivity contribution is 7.87. The van der Waals surface area contributed by atoms with Gasteiger partial charge in [-0.2, -0.15) is 34.1 Å². The van der Waals surface area contributed by atoms with Gasteiger partial charge in [-0.05, 0) is 53.4 Å². The Bertz CT molecular complexity index is 870. The third kappa shape index (κ3) is 4.25. The highest BCUT2D eigenvalue weighted by Crippen LogP contribution is 2.45. The van der Waals surface area contributed by atoms with E-state index < -0.39 is 57.9 Å². The second kappa shape index (κ2) is 10.3. The van der Waals surface area contributed by atoms with Gasteiger partial charge in [0, 0.05) is 24.2 Å².